The summed E-state index contributed by atoms with van der Waals surface area (Å²) >= 11 is 5.85. The van der Waals surface area contributed by atoms with E-state index in [9.17, 15) is 15.0 Å². The van der Waals surface area contributed by atoms with E-state index >= 15 is 0 Å². The minimum Gasteiger partial charge on any atom is -0.464 e. The van der Waals surface area contributed by atoms with Gasteiger partial charge in [0.05, 0.1) is 6.61 Å². The molecular formula is C11H14ClNO4. The van der Waals surface area contributed by atoms with Gasteiger partial charge in [-0.25, -0.2) is 4.79 Å². The Kier molecular flexibility index (Phi) is 4.74. The van der Waals surface area contributed by atoms with E-state index in [0.29, 0.717) is 0 Å². The molecule has 0 radical (unpaired) electrons. The van der Waals surface area contributed by atoms with Crippen molar-refractivity contribution in [1.82, 2.24) is 0 Å². The predicted octanol–water partition coefficient (Wildman–Crippen LogP) is 0.880. The van der Waals surface area contributed by atoms with Gasteiger partial charge >= 0.3 is 5.97 Å². The number of hydrogen-bond acceptors (Lipinski definition) is 5. The molecule has 5 nitrogen and oxygen atoms in total. The molecule has 1 aromatic carbocycles. The molecule has 4 N–H and O–H groups in total. The van der Waals surface area contributed by atoms with Crippen molar-refractivity contribution in [3.05, 3.63) is 28.8 Å². The predicted molar refractivity (Wildman–Crippen MR) is 63.5 cm³/mol. The van der Waals surface area contributed by atoms with Gasteiger partial charge in [-0.3, -0.25) is 0 Å². The van der Waals surface area contributed by atoms with E-state index < -0.39 is 18.2 Å². The van der Waals surface area contributed by atoms with Crippen molar-refractivity contribution in [3.63, 3.8) is 0 Å². The molecule has 1 rings (SSSR count). The van der Waals surface area contributed by atoms with E-state index in [2.05, 4.69) is 4.74 Å². The fourth-order valence-corrected chi connectivity index (χ4v) is 1.67. The van der Waals surface area contributed by atoms with Crippen molar-refractivity contribution in [2.75, 3.05) is 12.3 Å². The Bertz CT molecular complexity index is 390. The van der Waals surface area contributed by atoms with Gasteiger partial charge in [-0.1, -0.05) is 17.7 Å². The zero-order valence-electron chi connectivity index (χ0n) is 9.26. The molecule has 2 atom stereocenters. The monoisotopic (exact) mass is 259 g/mol. The molecule has 17 heavy (non-hydrogen) atoms. The Morgan fingerprint density at radius 2 is 2.18 bits per heavy atom. The first-order valence-electron chi connectivity index (χ1n) is 5.05. The van der Waals surface area contributed by atoms with Gasteiger partial charge in [0.2, 0.25) is 0 Å². The molecular weight excluding hydrogens is 246 g/mol. The number of aliphatic hydroxyl groups excluding tert-OH is 2. The molecule has 2 unspecified atom stereocenters. The van der Waals surface area contributed by atoms with Crippen molar-refractivity contribution in [2.45, 2.75) is 19.1 Å². The fraction of sp³-hybridized carbons (Fsp3) is 0.364. The summed E-state index contributed by atoms with van der Waals surface area (Å²) in [5.41, 5.74) is 5.95. The molecule has 1 aromatic rings. The van der Waals surface area contributed by atoms with E-state index in [1.165, 1.54) is 12.1 Å². The topological polar surface area (TPSA) is 92.8 Å². The first-order chi connectivity index (χ1) is 7.99. The molecule has 0 saturated heterocycles. The van der Waals surface area contributed by atoms with Crippen molar-refractivity contribution in [2.24, 2.45) is 0 Å². The molecule has 0 aliphatic carbocycles. The molecule has 0 fully saturated rings. The summed E-state index contributed by atoms with van der Waals surface area (Å²) in [6, 6.07) is 4.63. The summed E-state index contributed by atoms with van der Waals surface area (Å²) in [6.45, 7) is 1.71. The highest BCUT2D eigenvalue weighted by molar-refractivity contribution is 6.31. The van der Waals surface area contributed by atoms with E-state index in [0.717, 1.165) is 0 Å². The van der Waals surface area contributed by atoms with Crippen LogP contribution in [0.1, 0.15) is 18.6 Å². The first-order valence-corrected chi connectivity index (χ1v) is 5.43. The maximum atomic E-state index is 11.3. The van der Waals surface area contributed by atoms with Crippen LogP contribution in [0, 0.1) is 0 Å². The SMILES string of the molecule is CCOC(=O)C(O)C(O)c1c(N)cccc1Cl. The quantitative estimate of drug-likeness (QED) is 0.551. The van der Waals surface area contributed by atoms with Gasteiger partial charge in [-0.2, -0.15) is 0 Å². The van der Waals surface area contributed by atoms with Crippen LogP contribution in [-0.4, -0.2) is 28.9 Å². The molecule has 0 aliphatic heterocycles. The van der Waals surface area contributed by atoms with E-state index in [4.69, 9.17) is 17.3 Å². The molecule has 0 spiro atoms. The van der Waals surface area contributed by atoms with Crippen molar-refractivity contribution >= 4 is 23.3 Å². The Balaban J connectivity index is 2.96. The fourth-order valence-electron chi connectivity index (χ4n) is 1.38. The lowest BCUT2D eigenvalue weighted by molar-refractivity contribution is -0.159. The number of ether oxygens (including phenoxy) is 1. The lowest BCUT2D eigenvalue weighted by Crippen LogP contribution is -2.30. The number of benzene rings is 1. The zero-order valence-corrected chi connectivity index (χ0v) is 10.0. The number of anilines is 1. The Labute approximate surface area is 104 Å². The minimum atomic E-state index is -1.71. The number of carbonyl (C=O) groups is 1. The maximum Gasteiger partial charge on any atom is 0.338 e. The van der Waals surface area contributed by atoms with E-state index in [-0.39, 0.29) is 22.9 Å². The number of esters is 1. The van der Waals surface area contributed by atoms with Gasteiger partial charge in [0.25, 0.3) is 0 Å². The van der Waals surface area contributed by atoms with Gasteiger partial charge in [0.15, 0.2) is 6.10 Å². The minimum absolute atomic E-state index is 0.112. The number of nitrogens with two attached hydrogens (primary N) is 1. The van der Waals surface area contributed by atoms with Gasteiger partial charge < -0.3 is 20.7 Å². The highest BCUT2D eigenvalue weighted by Gasteiger charge is 2.29. The standard InChI is InChI=1S/C11H14ClNO4/c1-2-17-11(16)10(15)9(14)8-6(12)4-3-5-7(8)13/h3-5,9-10,14-15H,2,13H2,1H3. The zero-order chi connectivity index (χ0) is 13.0. The van der Waals surface area contributed by atoms with Crippen LogP contribution in [-0.2, 0) is 9.53 Å². The number of carbonyl (C=O) groups excluding carboxylic acids is 1. The van der Waals surface area contributed by atoms with Gasteiger partial charge in [-0.15, -0.1) is 0 Å². The van der Waals surface area contributed by atoms with E-state index in [1.807, 2.05) is 0 Å². The molecule has 94 valence electrons. The average Bonchev–Trinajstić information content (AvgIpc) is 2.27. The Hall–Kier alpha value is -1.30. The smallest absolute Gasteiger partial charge is 0.338 e. The molecule has 0 amide bonds. The summed E-state index contributed by atoms with van der Waals surface area (Å²) in [5, 5.41) is 19.6. The third kappa shape index (κ3) is 3.09. The highest BCUT2D eigenvalue weighted by atomic mass is 35.5. The average molecular weight is 260 g/mol. The van der Waals surface area contributed by atoms with Crippen molar-refractivity contribution in [3.8, 4) is 0 Å². The van der Waals surface area contributed by atoms with Crippen molar-refractivity contribution < 1.29 is 19.7 Å². The second-order valence-corrected chi connectivity index (χ2v) is 3.79. The van der Waals surface area contributed by atoms with E-state index in [1.54, 1.807) is 13.0 Å². The van der Waals surface area contributed by atoms with Gasteiger partial charge in [0.1, 0.15) is 6.10 Å². The number of nitrogen functional groups attached to an aromatic ring is 1. The molecule has 0 saturated carbocycles. The second-order valence-electron chi connectivity index (χ2n) is 3.38. The molecule has 0 aromatic heterocycles. The van der Waals surface area contributed by atoms with Crippen LogP contribution >= 0.6 is 11.6 Å². The van der Waals surface area contributed by atoms with Gasteiger partial charge in [-0.05, 0) is 19.1 Å². The number of hydrogen-bond donors (Lipinski definition) is 3. The molecule has 0 aliphatic rings. The van der Waals surface area contributed by atoms with Crippen molar-refractivity contribution in [1.29, 1.82) is 0 Å². The molecule has 0 bridgehead atoms. The second kappa shape index (κ2) is 5.86. The van der Waals surface area contributed by atoms with Crippen LogP contribution in [0.15, 0.2) is 18.2 Å². The summed E-state index contributed by atoms with van der Waals surface area (Å²) in [5.74, 6) is -0.917. The first kappa shape index (κ1) is 13.8. The Morgan fingerprint density at radius 3 is 2.71 bits per heavy atom. The third-order valence-electron chi connectivity index (χ3n) is 2.21. The van der Waals surface area contributed by atoms with Crippen LogP contribution in [0.5, 0.6) is 0 Å². The third-order valence-corrected chi connectivity index (χ3v) is 2.54. The van der Waals surface area contributed by atoms with Crippen LogP contribution in [0.4, 0.5) is 5.69 Å². The maximum absolute atomic E-state index is 11.3. The highest BCUT2D eigenvalue weighted by Crippen LogP contribution is 2.30. The van der Waals surface area contributed by atoms with Crippen LogP contribution in [0.25, 0.3) is 0 Å². The summed E-state index contributed by atoms with van der Waals surface area (Å²) in [4.78, 5) is 11.3. The number of halogens is 1. The lowest BCUT2D eigenvalue weighted by atomic mass is 10.0. The molecule has 6 heteroatoms. The Morgan fingerprint density at radius 1 is 1.53 bits per heavy atom. The number of rotatable bonds is 4. The summed E-state index contributed by atoms with van der Waals surface area (Å²) < 4.78 is 4.59. The summed E-state index contributed by atoms with van der Waals surface area (Å²) in [6.07, 6.45) is -3.22. The molecule has 0 heterocycles. The normalized spacial score (nSPS) is 14.1. The van der Waals surface area contributed by atoms with Gasteiger partial charge in [0, 0.05) is 16.3 Å². The van der Waals surface area contributed by atoms with Crippen LogP contribution < -0.4 is 5.73 Å². The lowest BCUT2D eigenvalue weighted by Gasteiger charge is -2.19. The summed E-state index contributed by atoms with van der Waals surface area (Å²) in [7, 11) is 0. The number of aliphatic hydroxyl groups is 2. The van der Waals surface area contributed by atoms with Crippen LogP contribution in [0.2, 0.25) is 5.02 Å². The van der Waals surface area contributed by atoms with Crippen LogP contribution in [0.3, 0.4) is 0 Å². The largest absolute Gasteiger partial charge is 0.464 e.